The zero-order valence-electron chi connectivity index (χ0n) is 21.7. The summed E-state index contributed by atoms with van der Waals surface area (Å²) in [6.45, 7) is 1.08. The smallest absolute Gasteiger partial charge is 0.396 e. The van der Waals surface area contributed by atoms with Gasteiger partial charge in [0.15, 0.2) is 0 Å². The van der Waals surface area contributed by atoms with Crippen molar-refractivity contribution in [1.82, 2.24) is 10.2 Å². The van der Waals surface area contributed by atoms with E-state index in [1.54, 1.807) is 0 Å². The monoisotopic (exact) mass is 572 g/mol. The van der Waals surface area contributed by atoms with Crippen molar-refractivity contribution in [3.05, 3.63) is 70.8 Å². The maximum absolute atomic E-state index is 13.4. The number of hydrogen-bond acceptors (Lipinski definition) is 4. The van der Waals surface area contributed by atoms with Crippen molar-refractivity contribution in [3.63, 3.8) is 0 Å². The number of carbonyl (C=O) groups is 2. The van der Waals surface area contributed by atoms with Gasteiger partial charge in [0.2, 0.25) is 5.91 Å². The Bertz CT molecular complexity index is 1190. The highest BCUT2D eigenvalue weighted by Gasteiger charge is 2.50. The van der Waals surface area contributed by atoms with Crippen molar-refractivity contribution in [2.45, 2.75) is 68.4 Å². The average molecular weight is 573 g/mol. The van der Waals surface area contributed by atoms with Crippen LogP contribution < -0.4 is 5.32 Å². The summed E-state index contributed by atoms with van der Waals surface area (Å²) in [7, 11) is 0. The molecular weight excluding hydrogens is 542 g/mol. The van der Waals surface area contributed by atoms with Crippen molar-refractivity contribution < 1.29 is 45.8 Å². The molecule has 1 aliphatic heterocycles. The number of nitrogens with one attached hydrogen (secondary N) is 1. The Balaban J connectivity index is 1.61. The number of imide groups is 1. The summed E-state index contributed by atoms with van der Waals surface area (Å²) in [5.74, 6) is -0.432. The van der Waals surface area contributed by atoms with Crippen LogP contribution in [-0.4, -0.2) is 47.2 Å². The summed E-state index contributed by atoms with van der Waals surface area (Å²) in [5, 5.41) is 12.0. The van der Waals surface area contributed by atoms with Gasteiger partial charge in [-0.05, 0) is 68.4 Å². The lowest BCUT2D eigenvalue weighted by atomic mass is 9.63. The van der Waals surface area contributed by atoms with Crippen molar-refractivity contribution >= 4 is 11.9 Å². The number of amides is 3. The molecular formula is C28H30F6N2O4. The number of rotatable bonds is 8. The van der Waals surface area contributed by atoms with E-state index in [0.717, 1.165) is 5.56 Å². The van der Waals surface area contributed by atoms with Crippen LogP contribution in [0.5, 0.6) is 0 Å². The highest BCUT2D eigenvalue weighted by Crippen LogP contribution is 2.48. The zero-order valence-corrected chi connectivity index (χ0v) is 21.7. The molecule has 3 amide bonds. The number of hydrogen-bond donors (Lipinski definition) is 2. The number of carbonyl (C=O) groups excluding carboxylic acids is 2. The Morgan fingerprint density at radius 3 is 2.00 bits per heavy atom. The quantitative estimate of drug-likeness (QED) is 0.301. The molecule has 0 aromatic heterocycles. The second-order valence-corrected chi connectivity index (χ2v) is 10.6. The summed E-state index contributed by atoms with van der Waals surface area (Å²) >= 11 is 0. The molecule has 1 saturated heterocycles. The van der Waals surface area contributed by atoms with Crippen LogP contribution in [0.3, 0.4) is 0 Å². The van der Waals surface area contributed by atoms with E-state index in [-0.39, 0.29) is 37.8 Å². The van der Waals surface area contributed by atoms with Gasteiger partial charge in [-0.3, -0.25) is 10.1 Å². The maximum atomic E-state index is 13.4. The maximum Gasteiger partial charge on any atom is 0.416 e. The Morgan fingerprint density at radius 1 is 0.950 bits per heavy atom. The number of alkyl halides is 6. The molecule has 6 nitrogen and oxygen atoms in total. The van der Waals surface area contributed by atoms with Crippen LogP contribution in [0.15, 0.2) is 48.5 Å². The van der Waals surface area contributed by atoms with Gasteiger partial charge in [-0.1, -0.05) is 30.3 Å². The molecule has 0 spiro atoms. The second kappa shape index (κ2) is 11.0. The lowest BCUT2D eigenvalue weighted by molar-refractivity contribution is -0.143. The van der Waals surface area contributed by atoms with Gasteiger partial charge < -0.3 is 14.7 Å². The van der Waals surface area contributed by atoms with E-state index in [1.807, 2.05) is 30.3 Å². The summed E-state index contributed by atoms with van der Waals surface area (Å²) in [5.41, 5.74) is -3.63. The number of aliphatic hydroxyl groups excluding tert-OH is 1. The Morgan fingerprint density at radius 2 is 1.52 bits per heavy atom. The van der Waals surface area contributed by atoms with E-state index in [0.29, 0.717) is 37.8 Å². The topological polar surface area (TPSA) is 78.9 Å². The molecule has 12 heteroatoms. The minimum atomic E-state index is -4.97. The largest absolute Gasteiger partial charge is 0.416 e. The van der Waals surface area contributed by atoms with Crippen LogP contribution in [0.4, 0.5) is 31.1 Å². The number of nitrogens with zero attached hydrogens (tertiary/aromatic N) is 1. The van der Waals surface area contributed by atoms with Crippen molar-refractivity contribution in [3.8, 4) is 0 Å². The molecule has 1 saturated carbocycles. The van der Waals surface area contributed by atoms with Gasteiger partial charge in [0, 0.05) is 17.6 Å². The lowest BCUT2D eigenvalue weighted by Crippen LogP contribution is -2.55. The highest BCUT2D eigenvalue weighted by molar-refractivity contribution is 6.02. The van der Waals surface area contributed by atoms with Crippen LogP contribution in [0.2, 0.25) is 0 Å². The lowest BCUT2D eigenvalue weighted by Gasteiger charge is -2.50. The minimum Gasteiger partial charge on any atom is -0.396 e. The van der Waals surface area contributed by atoms with Gasteiger partial charge in [0.25, 0.3) is 0 Å². The first-order valence-electron chi connectivity index (χ1n) is 12.9. The Labute approximate surface area is 227 Å². The molecule has 0 bridgehead atoms. The fourth-order valence-corrected chi connectivity index (χ4v) is 5.78. The van der Waals surface area contributed by atoms with Gasteiger partial charge in [-0.2, -0.15) is 26.3 Å². The molecule has 0 radical (unpaired) electrons. The Kier molecular flexibility index (Phi) is 8.24. The fourth-order valence-electron chi connectivity index (χ4n) is 5.78. The number of ether oxygens (including phenoxy) is 1. The van der Waals surface area contributed by atoms with Crippen LogP contribution in [0.1, 0.15) is 67.4 Å². The third-order valence-electron chi connectivity index (χ3n) is 8.16. The van der Waals surface area contributed by atoms with Gasteiger partial charge in [0.05, 0.1) is 23.8 Å². The number of urea groups is 1. The van der Waals surface area contributed by atoms with Crippen LogP contribution in [0.25, 0.3) is 0 Å². The molecule has 2 aromatic carbocycles. The third kappa shape index (κ3) is 6.12. The highest BCUT2D eigenvalue weighted by atomic mass is 19.4. The van der Waals surface area contributed by atoms with Crippen molar-refractivity contribution in [2.75, 3.05) is 19.8 Å². The van der Waals surface area contributed by atoms with Gasteiger partial charge in [0.1, 0.15) is 6.54 Å². The molecule has 0 unspecified atom stereocenters. The number of benzene rings is 2. The summed E-state index contributed by atoms with van der Waals surface area (Å²) < 4.78 is 86.4. The normalized spacial score (nSPS) is 24.8. The van der Waals surface area contributed by atoms with E-state index >= 15 is 0 Å². The summed E-state index contributed by atoms with van der Waals surface area (Å²) in [6, 6.07) is 10.1. The van der Waals surface area contributed by atoms with Crippen LogP contribution >= 0.6 is 0 Å². The second-order valence-electron chi connectivity index (χ2n) is 10.6. The molecule has 2 aliphatic rings. The predicted octanol–water partition coefficient (Wildman–Crippen LogP) is 5.99. The molecule has 2 N–H and O–H groups in total. The number of aliphatic hydroxyl groups is 1. The summed E-state index contributed by atoms with van der Waals surface area (Å²) in [4.78, 5) is 25.8. The minimum absolute atomic E-state index is 0.00386. The fraction of sp³-hybridized carbons (Fsp3) is 0.500. The van der Waals surface area contributed by atoms with E-state index in [9.17, 15) is 41.0 Å². The first-order valence-corrected chi connectivity index (χ1v) is 12.9. The number of halogens is 6. The standard InChI is InChI=1S/C28H30F6N2O4/c1-18(19-13-21(27(29,30)31)15-22(14-19)28(32,33)34)40-17-25(20-5-3-2-4-6-20)7-9-26(10-8-25,11-12-37)36-16-23(38)35-24(36)39/h2-6,13-15,18,37H,7-12,16-17H2,1H3,(H,35,38,39)/t18-,25-,26-/m1/s1. The predicted molar refractivity (Wildman–Crippen MR) is 132 cm³/mol. The van der Waals surface area contributed by atoms with E-state index in [1.165, 1.54) is 11.8 Å². The van der Waals surface area contributed by atoms with Crippen molar-refractivity contribution in [1.29, 1.82) is 0 Å². The van der Waals surface area contributed by atoms with Gasteiger partial charge in [-0.15, -0.1) is 0 Å². The van der Waals surface area contributed by atoms with Crippen molar-refractivity contribution in [2.24, 2.45) is 0 Å². The molecule has 40 heavy (non-hydrogen) atoms. The molecule has 218 valence electrons. The summed E-state index contributed by atoms with van der Waals surface area (Å²) in [6.07, 6.45) is -9.08. The average Bonchev–Trinajstić information content (AvgIpc) is 3.26. The molecule has 2 aromatic rings. The molecule has 1 atom stereocenters. The van der Waals surface area contributed by atoms with E-state index in [4.69, 9.17) is 4.74 Å². The van der Waals surface area contributed by atoms with Gasteiger partial charge >= 0.3 is 18.4 Å². The van der Waals surface area contributed by atoms with Gasteiger partial charge in [-0.25, -0.2) is 4.79 Å². The van der Waals surface area contributed by atoms with Crippen LogP contribution in [0, 0.1) is 0 Å². The molecule has 2 fully saturated rings. The molecule has 1 heterocycles. The molecule has 1 aliphatic carbocycles. The zero-order chi connectivity index (χ0) is 29.3. The SMILES string of the molecule is C[C@@H](OC[C@]1(c2ccccc2)CC[C@](CCO)(N2CC(=O)NC2=O)CC1)c1cc(C(F)(F)F)cc(C(F)(F)F)c1. The van der Waals surface area contributed by atoms with E-state index < -0.39 is 52.5 Å². The van der Waals surface area contributed by atoms with E-state index in [2.05, 4.69) is 5.32 Å². The first kappa shape index (κ1) is 29.9. The third-order valence-corrected chi connectivity index (χ3v) is 8.16. The first-order chi connectivity index (χ1) is 18.7. The molecule has 4 rings (SSSR count). The van der Waals surface area contributed by atoms with Crippen LogP contribution in [-0.2, 0) is 27.3 Å². The Hall–Kier alpha value is -3.12.